The second-order valence-electron chi connectivity index (χ2n) is 4.12. The third-order valence-electron chi connectivity index (χ3n) is 3.16. The minimum Gasteiger partial charge on any atom is -0.469 e. The summed E-state index contributed by atoms with van der Waals surface area (Å²) in [5.74, 6) is -0.934. The van der Waals surface area contributed by atoms with Crippen LogP contribution in [0.25, 0.3) is 4.85 Å². The maximum absolute atomic E-state index is 12.0. The highest BCUT2D eigenvalue weighted by atomic mass is 16.5. The molecular weight excluding hydrogens is 234 g/mol. The molecule has 0 bridgehead atoms. The fraction of sp³-hybridized carbons (Fsp3) is 0.692. The smallest absolute Gasteiger partial charge is 0.305 e. The van der Waals surface area contributed by atoms with Gasteiger partial charge in [0.1, 0.15) is 11.6 Å². The SMILES string of the molecule is [C-]#[N+]CCC(CCC(=O)OC)(C(C)=O)C(=O)CC. The van der Waals surface area contributed by atoms with Crippen molar-refractivity contribution < 1.29 is 19.1 Å². The second-order valence-corrected chi connectivity index (χ2v) is 4.12. The lowest BCUT2D eigenvalue weighted by Crippen LogP contribution is -2.39. The molecule has 0 aliphatic carbocycles. The van der Waals surface area contributed by atoms with Gasteiger partial charge in [0.15, 0.2) is 0 Å². The predicted octanol–water partition coefficient (Wildman–Crippen LogP) is 1.80. The average molecular weight is 253 g/mol. The molecule has 0 radical (unpaired) electrons. The molecule has 5 nitrogen and oxygen atoms in total. The molecule has 0 amide bonds. The Hall–Kier alpha value is -1.70. The maximum Gasteiger partial charge on any atom is 0.305 e. The predicted molar refractivity (Wildman–Crippen MR) is 65.7 cm³/mol. The number of methoxy groups -OCH3 is 1. The molecule has 0 saturated carbocycles. The molecule has 0 rings (SSSR count). The number of esters is 1. The molecule has 1 atom stereocenters. The first-order valence-corrected chi connectivity index (χ1v) is 5.89. The topological polar surface area (TPSA) is 64.8 Å². The summed E-state index contributed by atoms with van der Waals surface area (Å²) in [5.41, 5.74) is -1.20. The van der Waals surface area contributed by atoms with E-state index in [4.69, 9.17) is 6.57 Å². The Balaban J connectivity index is 5.08. The summed E-state index contributed by atoms with van der Waals surface area (Å²) >= 11 is 0. The van der Waals surface area contributed by atoms with E-state index in [9.17, 15) is 14.4 Å². The van der Waals surface area contributed by atoms with Gasteiger partial charge in [-0.1, -0.05) is 6.92 Å². The Morgan fingerprint density at radius 3 is 2.28 bits per heavy atom. The number of carbonyl (C=O) groups is 3. The number of hydrogen-bond acceptors (Lipinski definition) is 4. The standard InChI is InChI=1S/C13H19NO4/c1-5-11(16)13(10(2)15,8-9-14-3)7-6-12(17)18-4/h5-9H2,1-2,4H3. The highest BCUT2D eigenvalue weighted by Crippen LogP contribution is 2.32. The van der Waals surface area contributed by atoms with E-state index in [1.165, 1.54) is 14.0 Å². The van der Waals surface area contributed by atoms with Gasteiger partial charge >= 0.3 is 5.97 Å². The van der Waals surface area contributed by atoms with Gasteiger partial charge in [0.05, 0.1) is 12.5 Å². The highest BCUT2D eigenvalue weighted by molar-refractivity contribution is 6.06. The lowest BCUT2D eigenvalue weighted by molar-refractivity contribution is -0.144. The lowest BCUT2D eigenvalue weighted by atomic mass is 9.72. The van der Waals surface area contributed by atoms with Crippen LogP contribution in [0.15, 0.2) is 0 Å². The number of ketones is 2. The summed E-state index contributed by atoms with van der Waals surface area (Å²) in [4.78, 5) is 38.2. The van der Waals surface area contributed by atoms with Crippen LogP contribution in [0.4, 0.5) is 0 Å². The molecule has 0 aromatic rings. The monoisotopic (exact) mass is 253 g/mol. The van der Waals surface area contributed by atoms with Crippen molar-refractivity contribution in [1.29, 1.82) is 0 Å². The van der Waals surface area contributed by atoms with Crippen molar-refractivity contribution in [2.45, 2.75) is 39.5 Å². The molecule has 0 aromatic carbocycles. The molecule has 0 spiro atoms. The van der Waals surface area contributed by atoms with Gasteiger partial charge in [-0.15, -0.1) is 0 Å². The van der Waals surface area contributed by atoms with Crippen molar-refractivity contribution in [3.05, 3.63) is 11.4 Å². The van der Waals surface area contributed by atoms with E-state index in [1.807, 2.05) is 0 Å². The van der Waals surface area contributed by atoms with Gasteiger partial charge in [0, 0.05) is 19.3 Å². The van der Waals surface area contributed by atoms with E-state index in [1.54, 1.807) is 6.92 Å². The highest BCUT2D eigenvalue weighted by Gasteiger charge is 2.42. The van der Waals surface area contributed by atoms with E-state index in [0.717, 1.165) is 0 Å². The number of Topliss-reactive ketones (excluding diaryl/α,β-unsaturated/α-hetero) is 2. The van der Waals surface area contributed by atoms with Crippen LogP contribution in [0.3, 0.4) is 0 Å². The average Bonchev–Trinajstić information content (AvgIpc) is 2.37. The second kappa shape index (κ2) is 7.59. The molecule has 0 fully saturated rings. The van der Waals surface area contributed by atoms with E-state index in [-0.39, 0.29) is 43.8 Å². The molecule has 0 heterocycles. The molecule has 1 unspecified atom stereocenters. The summed E-state index contributed by atoms with van der Waals surface area (Å²) in [7, 11) is 1.26. The first-order valence-electron chi connectivity index (χ1n) is 5.89. The zero-order valence-corrected chi connectivity index (χ0v) is 11.1. The van der Waals surface area contributed by atoms with Crippen LogP contribution in [0, 0.1) is 12.0 Å². The number of carbonyl (C=O) groups excluding carboxylic acids is 3. The minimum absolute atomic E-state index is 0.0137. The third-order valence-corrected chi connectivity index (χ3v) is 3.16. The number of nitrogens with zero attached hydrogens (tertiary/aromatic N) is 1. The van der Waals surface area contributed by atoms with Crippen LogP contribution in [-0.2, 0) is 19.1 Å². The first-order chi connectivity index (χ1) is 8.44. The summed E-state index contributed by atoms with van der Waals surface area (Å²) < 4.78 is 4.52. The van der Waals surface area contributed by atoms with E-state index >= 15 is 0 Å². The molecule has 5 heteroatoms. The van der Waals surface area contributed by atoms with Crippen LogP contribution in [0.1, 0.15) is 39.5 Å². The van der Waals surface area contributed by atoms with Crippen LogP contribution in [0.2, 0.25) is 0 Å². The molecule has 0 aliphatic heterocycles. The third kappa shape index (κ3) is 3.95. The molecule has 18 heavy (non-hydrogen) atoms. The Labute approximate surface area is 107 Å². The van der Waals surface area contributed by atoms with Gasteiger partial charge in [0.2, 0.25) is 6.54 Å². The Morgan fingerprint density at radius 2 is 1.89 bits per heavy atom. The number of rotatable bonds is 8. The molecule has 0 aliphatic rings. The Morgan fingerprint density at radius 1 is 1.28 bits per heavy atom. The molecule has 0 N–H and O–H groups in total. The van der Waals surface area contributed by atoms with Crippen molar-refractivity contribution in [2.75, 3.05) is 13.7 Å². The van der Waals surface area contributed by atoms with E-state index in [2.05, 4.69) is 9.58 Å². The summed E-state index contributed by atoms with van der Waals surface area (Å²) in [6.45, 7) is 9.91. The van der Waals surface area contributed by atoms with Gasteiger partial charge in [-0.2, -0.15) is 0 Å². The summed E-state index contributed by atoms with van der Waals surface area (Å²) in [6.07, 6.45) is 0.533. The summed E-state index contributed by atoms with van der Waals surface area (Å²) in [5, 5.41) is 0. The van der Waals surface area contributed by atoms with Gasteiger partial charge in [-0.05, 0) is 13.3 Å². The fourth-order valence-corrected chi connectivity index (χ4v) is 1.95. The van der Waals surface area contributed by atoms with Crippen molar-refractivity contribution in [1.82, 2.24) is 0 Å². The van der Waals surface area contributed by atoms with Crippen molar-refractivity contribution in [3.8, 4) is 0 Å². The Kier molecular flexibility index (Phi) is 6.88. The van der Waals surface area contributed by atoms with Crippen LogP contribution in [0.5, 0.6) is 0 Å². The lowest BCUT2D eigenvalue weighted by Gasteiger charge is -2.27. The van der Waals surface area contributed by atoms with Crippen LogP contribution in [-0.4, -0.2) is 31.2 Å². The van der Waals surface area contributed by atoms with Gasteiger partial charge in [0.25, 0.3) is 0 Å². The number of ether oxygens (including phenoxy) is 1. The van der Waals surface area contributed by atoms with E-state index in [0.29, 0.717) is 0 Å². The van der Waals surface area contributed by atoms with E-state index < -0.39 is 11.4 Å². The minimum atomic E-state index is -1.20. The maximum atomic E-state index is 12.0. The molecule has 0 aromatic heterocycles. The normalized spacial score (nSPS) is 13.2. The quantitative estimate of drug-likeness (QED) is 0.376. The van der Waals surface area contributed by atoms with Gasteiger partial charge in [-0.3, -0.25) is 14.4 Å². The fourth-order valence-electron chi connectivity index (χ4n) is 1.95. The number of hydrogen-bond donors (Lipinski definition) is 0. The first kappa shape index (κ1) is 16.3. The Bertz CT molecular complexity index is 370. The molecular formula is C13H19NO4. The molecule has 0 saturated heterocycles. The van der Waals surface area contributed by atoms with Gasteiger partial charge < -0.3 is 9.58 Å². The van der Waals surface area contributed by atoms with Crippen molar-refractivity contribution >= 4 is 17.5 Å². The van der Waals surface area contributed by atoms with Gasteiger partial charge in [-0.25, -0.2) is 6.57 Å². The van der Waals surface area contributed by atoms with Crippen LogP contribution < -0.4 is 0 Å². The van der Waals surface area contributed by atoms with Crippen molar-refractivity contribution in [2.24, 2.45) is 5.41 Å². The molecule has 100 valence electrons. The van der Waals surface area contributed by atoms with Crippen molar-refractivity contribution in [3.63, 3.8) is 0 Å². The zero-order chi connectivity index (χ0) is 14.2. The largest absolute Gasteiger partial charge is 0.469 e. The zero-order valence-electron chi connectivity index (χ0n) is 11.1. The summed E-state index contributed by atoms with van der Waals surface area (Å²) in [6, 6.07) is 0. The van der Waals surface area contributed by atoms with Crippen LogP contribution >= 0.6 is 0 Å².